The summed E-state index contributed by atoms with van der Waals surface area (Å²) in [5.74, 6) is -0.560. The van der Waals surface area contributed by atoms with Gasteiger partial charge in [-0.15, -0.1) is 0 Å². The van der Waals surface area contributed by atoms with E-state index in [0.717, 1.165) is 40.8 Å². The van der Waals surface area contributed by atoms with Crippen LogP contribution in [0.15, 0.2) is 41.4 Å². The number of hydrogen-bond donors (Lipinski definition) is 0. The fraction of sp³-hybridized carbons (Fsp3) is 0.375. The molecular formula is C16H15F4N3O3S. The standard InChI is InChI=1S/C16H15F4N3O3S/c17-11-3-5-13(6-4-11)27(24,25)23-9-1-2-12(10-23)26-15-21-8-7-14(22-15)16(18,19)20/h3-8,12H,1-2,9-10H2. The van der Waals surface area contributed by atoms with Crippen LogP contribution >= 0.6 is 0 Å². The third-order valence-corrected chi connectivity index (χ3v) is 5.87. The van der Waals surface area contributed by atoms with Crippen LogP contribution in [0.4, 0.5) is 17.6 Å². The highest BCUT2D eigenvalue weighted by molar-refractivity contribution is 7.89. The van der Waals surface area contributed by atoms with E-state index in [2.05, 4.69) is 9.97 Å². The first-order valence-corrected chi connectivity index (χ1v) is 9.43. The molecule has 1 aromatic heterocycles. The molecule has 0 amide bonds. The zero-order valence-electron chi connectivity index (χ0n) is 13.9. The van der Waals surface area contributed by atoms with Gasteiger partial charge in [-0.3, -0.25) is 0 Å². The Kier molecular flexibility index (Phi) is 5.33. The van der Waals surface area contributed by atoms with Crippen molar-refractivity contribution in [3.63, 3.8) is 0 Å². The van der Waals surface area contributed by atoms with Crippen LogP contribution in [0.5, 0.6) is 6.01 Å². The zero-order valence-corrected chi connectivity index (χ0v) is 14.7. The van der Waals surface area contributed by atoms with E-state index in [1.165, 1.54) is 0 Å². The summed E-state index contributed by atoms with van der Waals surface area (Å²) in [6.45, 7) is 0.155. The quantitative estimate of drug-likeness (QED) is 0.732. The van der Waals surface area contributed by atoms with Crippen LogP contribution in [0, 0.1) is 5.82 Å². The van der Waals surface area contributed by atoms with Gasteiger partial charge in [0.05, 0.1) is 11.4 Å². The number of piperidine rings is 1. The Morgan fingerprint density at radius 3 is 2.52 bits per heavy atom. The molecule has 0 spiro atoms. The number of aromatic nitrogens is 2. The molecule has 2 aromatic rings. The molecule has 0 aliphatic carbocycles. The van der Waals surface area contributed by atoms with Crippen LogP contribution in [0.1, 0.15) is 18.5 Å². The van der Waals surface area contributed by atoms with E-state index in [0.29, 0.717) is 12.8 Å². The van der Waals surface area contributed by atoms with Crippen molar-refractivity contribution < 1.29 is 30.7 Å². The largest absolute Gasteiger partial charge is 0.459 e. The summed E-state index contributed by atoms with van der Waals surface area (Å²) in [4.78, 5) is 6.91. The van der Waals surface area contributed by atoms with Crippen molar-refractivity contribution in [1.82, 2.24) is 14.3 Å². The lowest BCUT2D eigenvalue weighted by molar-refractivity contribution is -0.141. The average molecular weight is 405 g/mol. The normalized spacial score (nSPS) is 19.0. The number of rotatable bonds is 4. The molecule has 1 aromatic carbocycles. The van der Waals surface area contributed by atoms with Crippen LogP contribution in [0.25, 0.3) is 0 Å². The first-order valence-electron chi connectivity index (χ1n) is 7.99. The molecule has 146 valence electrons. The topological polar surface area (TPSA) is 72.4 Å². The Labute approximate surface area is 152 Å². The van der Waals surface area contributed by atoms with Crippen molar-refractivity contribution in [3.8, 4) is 6.01 Å². The van der Waals surface area contributed by atoms with E-state index < -0.39 is 39.8 Å². The summed E-state index contributed by atoms with van der Waals surface area (Å²) in [5.41, 5.74) is -1.14. The monoisotopic (exact) mass is 405 g/mol. The second-order valence-corrected chi connectivity index (χ2v) is 7.86. The van der Waals surface area contributed by atoms with Gasteiger partial charge in [0.2, 0.25) is 10.0 Å². The maximum atomic E-state index is 13.0. The number of nitrogens with zero attached hydrogens (tertiary/aromatic N) is 3. The van der Waals surface area contributed by atoms with Crippen molar-refractivity contribution in [2.24, 2.45) is 0 Å². The molecule has 1 atom stereocenters. The Morgan fingerprint density at radius 1 is 1.15 bits per heavy atom. The second kappa shape index (κ2) is 7.39. The molecule has 27 heavy (non-hydrogen) atoms. The maximum Gasteiger partial charge on any atom is 0.433 e. The highest BCUT2D eigenvalue weighted by atomic mass is 32.2. The smallest absolute Gasteiger partial charge is 0.433 e. The third-order valence-electron chi connectivity index (χ3n) is 3.99. The Bertz CT molecular complexity index is 904. The van der Waals surface area contributed by atoms with E-state index in [1.807, 2.05) is 0 Å². The van der Waals surface area contributed by atoms with Gasteiger partial charge in [-0.25, -0.2) is 17.8 Å². The molecular weight excluding hydrogens is 390 g/mol. The van der Waals surface area contributed by atoms with Crippen LogP contribution in [0.2, 0.25) is 0 Å². The lowest BCUT2D eigenvalue weighted by Crippen LogP contribution is -2.44. The van der Waals surface area contributed by atoms with Crippen LogP contribution in [-0.2, 0) is 16.2 Å². The Hall–Kier alpha value is -2.27. The number of ether oxygens (including phenoxy) is 1. The molecule has 3 rings (SSSR count). The van der Waals surface area contributed by atoms with Crippen molar-refractivity contribution >= 4 is 10.0 Å². The van der Waals surface area contributed by atoms with Gasteiger partial charge in [-0.1, -0.05) is 0 Å². The van der Waals surface area contributed by atoms with E-state index in [9.17, 15) is 26.0 Å². The Balaban J connectivity index is 1.74. The van der Waals surface area contributed by atoms with Crippen LogP contribution in [0.3, 0.4) is 0 Å². The lowest BCUT2D eigenvalue weighted by atomic mass is 10.1. The van der Waals surface area contributed by atoms with Gasteiger partial charge in [0, 0.05) is 12.7 Å². The van der Waals surface area contributed by atoms with Gasteiger partial charge in [-0.2, -0.15) is 22.5 Å². The summed E-state index contributed by atoms with van der Waals surface area (Å²) in [6.07, 6.45) is -3.51. The summed E-state index contributed by atoms with van der Waals surface area (Å²) in [7, 11) is -3.87. The van der Waals surface area contributed by atoms with Crippen LogP contribution in [-0.4, -0.2) is 41.9 Å². The molecule has 0 N–H and O–H groups in total. The first-order chi connectivity index (χ1) is 12.7. The Morgan fingerprint density at radius 2 is 1.85 bits per heavy atom. The van der Waals surface area contributed by atoms with E-state index in [4.69, 9.17) is 4.74 Å². The predicted octanol–water partition coefficient (Wildman–Crippen LogP) is 2.87. The minimum absolute atomic E-state index is 0.0696. The third kappa shape index (κ3) is 4.53. The van der Waals surface area contributed by atoms with Gasteiger partial charge in [0.1, 0.15) is 11.9 Å². The van der Waals surface area contributed by atoms with E-state index in [-0.39, 0.29) is 18.0 Å². The molecule has 1 fully saturated rings. The van der Waals surface area contributed by atoms with E-state index in [1.54, 1.807) is 0 Å². The van der Waals surface area contributed by atoms with Crippen molar-refractivity contribution in [2.45, 2.75) is 30.0 Å². The average Bonchev–Trinajstić information content (AvgIpc) is 2.62. The molecule has 1 aliphatic rings. The number of benzene rings is 1. The predicted molar refractivity (Wildman–Crippen MR) is 85.8 cm³/mol. The number of hydrogen-bond acceptors (Lipinski definition) is 5. The number of alkyl halides is 3. The summed E-state index contributed by atoms with van der Waals surface area (Å²) in [6, 6.07) is 4.66. The molecule has 6 nitrogen and oxygen atoms in total. The van der Waals surface area contributed by atoms with Crippen molar-refractivity contribution in [2.75, 3.05) is 13.1 Å². The fourth-order valence-corrected chi connectivity index (χ4v) is 4.19. The SMILES string of the molecule is O=S(=O)(c1ccc(F)cc1)N1CCCC(Oc2nccc(C(F)(F)F)n2)C1. The molecule has 1 aliphatic heterocycles. The molecule has 11 heteroatoms. The molecule has 2 heterocycles. The number of halogens is 4. The minimum Gasteiger partial charge on any atom is -0.459 e. The zero-order chi connectivity index (χ0) is 19.7. The summed E-state index contributed by atoms with van der Waals surface area (Å²) < 4.78 is 83.0. The van der Waals surface area contributed by atoms with Gasteiger partial charge < -0.3 is 4.74 Å². The first kappa shape index (κ1) is 19.5. The second-order valence-electron chi connectivity index (χ2n) is 5.92. The maximum absolute atomic E-state index is 13.0. The molecule has 0 bridgehead atoms. The molecule has 1 saturated heterocycles. The fourth-order valence-electron chi connectivity index (χ4n) is 2.68. The van der Waals surface area contributed by atoms with Gasteiger partial charge in [-0.05, 0) is 43.2 Å². The van der Waals surface area contributed by atoms with Crippen molar-refractivity contribution in [3.05, 3.63) is 48.0 Å². The summed E-state index contributed by atoms with van der Waals surface area (Å²) in [5, 5.41) is 0. The van der Waals surface area contributed by atoms with Gasteiger partial charge in [0.15, 0.2) is 5.69 Å². The molecule has 0 saturated carbocycles. The van der Waals surface area contributed by atoms with Gasteiger partial charge in [0.25, 0.3) is 0 Å². The number of sulfonamides is 1. The molecule has 1 unspecified atom stereocenters. The van der Waals surface area contributed by atoms with E-state index >= 15 is 0 Å². The highest BCUT2D eigenvalue weighted by Crippen LogP contribution is 2.28. The molecule has 0 radical (unpaired) electrons. The summed E-state index contributed by atoms with van der Waals surface area (Å²) >= 11 is 0. The van der Waals surface area contributed by atoms with Gasteiger partial charge >= 0.3 is 12.2 Å². The minimum atomic E-state index is -4.63. The highest BCUT2D eigenvalue weighted by Gasteiger charge is 2.34. The van der Waals surface area contributed by atoms with Crippen LogP contribution < -0.4 is 4.74 Å². The lowest BCUT2D eigenvalue weighted by Gasteiger charge is -2.31. The van der Waals surface area contributed by atoms with Crippen molar-refractivity contribution in [1.29, 1.82) is 0 Å².